The van der Waals surface area contributed by atoms with Crippen molar-refractivity contribution in [2.24, 2.45) is 0 Å². The van der Waals surface area contributed by atoms with Crippen LogP contribution in [0.15, 0.2) is 48.5 Å². The molecule has 0 saturated carbocycles. The van der Waals surface area contributed by atoms with Crippen LogP contribution < -0.4 is 10.2 Å². The second kappa shape index (κ2) is 10.4. The Balaban J connectivity index is 0.000000858. The number of fused-ring (bicyclic) bond motifs is 1. The fraction of sp³-hybridized carbons (Fsp3) is 0.500. The first-order valence-corrected chi connectivity index (χ1v) is 11.2. The van der Waals surface area contributed by atoms with Crippen molar-refractivity contribution in [3.05, 3.63) is 65.2 Å². The van der Waals surface area contributed by atoms with Gasteiger partial charge in [-0.2, -0.15) is 0 Å². The third kappa shape index (κ3) is 5.94. The van der Waals surface area contributed by atoms with Gasteiger partial charge in [0.15, 0.2) is 0 Å². The molecule has 1 N–H and O–H groups in total. The molecule has 1 amide bonds. The van der Waals surface area contributed by atoms with Gasteiger partial charge in [0.1, 0.15) is 0 Å². The lowest BCUT2D eigenvalue weighted by Gasteiger charge is -2.32. The quantitative estimate of drug-likeness (QED) is 0.818. The Morgan fingerprint density at radius 3 is 2.52 bits per heavy atom. The molecule has 2 aliphatic rings. The summed E-state index contributed by atoms with van der Waals surface area (Å²) in [6.07, 6.45) is 0.895. The molecule has 1 atom stereocenters. The average Bonchev–Trinajstić information content (AvgIpc) is 3.00. The number of hydrogen-bond donors (Lipinski definition) is 1. The molecular formula is C26H37N3O2. The number of carbonyl (C=O) groups excluding carboxylic acids is 1. The number of methoxy groups -OCH3 is 1. The summed E-state index contributed by atoms with van der Waals surface area (Å²) < 4.78 is 4.25. The molecule has 2 heterocycles. The first-order chi connectivity index (χ1) is 14.8. The van der Waals surface area contributed by atoms with Crippen LogP contribution in [0.5, 0.6) is 0 Å². The summed E-state index contributed by atoms with van der Waals surface area (Å²) in [5, 5.41) is 3.45. The molecule has 2 aromatic carbocycles. The van der Waals surface area contributed by atoms with Gasteiger partial charge in [-0.15, -0.1) is 0 Å². The summed E-state index contributed by atoms with van der Waals surface area (Å²) in [5.74, 6) is 0.220. The predicted octanol–water partition coefficient (Wildman–Crippen LogP) is 3.46. The van der Waals surface area contributed by atoms with Crippen LogP contribution in [-0.2, 0) is 21.4 Å². The van der Waals surface area contributed by atoms with Crippen molar-refractivity contribution in [2.45, 2.75) is 38.6 Å². The number of rotatable bonds is 4. The van der Waals surface area contributed by atoms with E-state index in [1.807, 2.05) is 11.0 Å². The van der Waals surface area contributed by atoms with Crippen molar-refractivity contribution < 1.29 is 9.53 Å². The highest BCUT2D eigenvalue weighted by Gasteiger charge is 2.38. The van der Waals surface area contributed by atoms with Gasteiger partial charge in [0, 0.05) is 57.5 Å². The van der Waals surface area contributed by atoms with Gasteiger partial charge in [0.2, 0.25) is 5.91 Å². The van der Waals surface area contributed by atoms with Crippen molar-refractivity contribution in [2.75, 3.05) is 51.8 Å². The lowest BCUT2D eigenvalue weighted by atomic mass is 9.86. The van der Waals surface area contributed by atoms with Gasteiger partial charge in [0.05, 0.1) is 6.54 Å². The SMILES string of the molecule is COC.C[C@@H]1CN(CC(=O)N2CC(C)(C)c3ccc(Cc4ccccc4)cc32)CCN1. The molecular weight excluding hydrogens is 386 g/mol. The van der Waals surface area contributed by atoms with E-state index in [4.69, 9.17) is 0 Å². The Hall–Kier alpha value is -2.21. The van der Waals surface area contributed by atoms with Crippen LogP contribution >= 0.6 is 0 Å². The van der Waals surface area contributed by atoms with Crippen molar-refractivity contribution in [3.8, 4) is 0 Å². The summed E-state index contributed by atoms with van der Waals surface area (Å²) in [5.41, 5.74) is 4.94. The van der Waals surface area contributed by atoms with Crippen LogP contribution in [0.2, 0.25) is 0 Å². The largest absolute Gasteiger partial charge is 0.388 e. The molecule has 0 aromatic heterocycles. The normalized spacial score (nSPS) is 20.0. The zero-order chi connectivity index (χ0) is 22.4. The molecule has 5 nitrogen and oxygen atoms in total. The lowest BCUT2D eigenvalue weighted by Crippen LogP contribution is -2.52. The minimum atomic E-state index is -0.00693. The minimum absolute atomic E-state index is 0.00693. The number of nitrogens with one attached hydrogen (secondary N) is 1. The first kappa shape index (κ1) is 23.5. The van der Waals surface area contributed by atoms with Crippen LogP contribution in [0.3, 0.4) is 0 Å². The first-order valence-electron chi connectivity index (χ1n) is 11.2. The van der Waals surface area contributed by atoms with E-state index in [2.05, 4.69) is 78.2 Å². The summed E-state index contributed by atoms with van der Waals surface area (Å²) in [4.78, 5) is 17.5. The molecule has 0 radical (unpaired) electrons. The number of piperazine rings is 1. The van der Waals surface area contributed by atoms with Crippen LogP contribution in [0, 0.1) is 0 Å². The van der Waals surface area contributed by atoms with E-state index in [1.165, 1.54) is 16.7 Å². The van der Waals surface area contributed by atoms with Gasteiger partial charge in [-0.1, -0.05) is 56.3 Å². The molecule has 4 rings (SSSR count). The van der Waals surface area contributed by atoms with Crippen LogP contribution in [0.1, 0.15) is 37.5 Å². The van der Waals surface area contributed by atoms with E-state index in [0.29, 0.717) is 12.6 Å². The fourth-order valence-corrected chi connectivity index (χ4v) is 4.53. The van der Waals surface area contributed by atoms with E-state index in [0.717, 1.165) is 38.3 Å². The Labute approximate surface area is 187 Å². The summed E-state index contributed by atoms with van der Waals surface area (Å²) in [6, 6.07) is 17.7. The highest BCUT2D eigenvalue weighted by atomic mass is 16.4. The summed E-state index contributed by atoms with van der Waals surface area (Å²) in [6.45, 7) is 10.8. The predicted molar refractivity (Wildman–Crippen MR) is 128 cm³/mol. The van der Waals surface area contributed by atoms with Gasteiger partial charge in [-0.3, -0.25) is 9.69 Å². The maximum Gasteiger partial charge on any atom is 0.241 e. The molecule has 2 aliphatic heterocycles. The van der Waals surface area contributed by atoms with E-state index < -0.39 is 0 Å². The third-order valence-corrected chi connectivity index (χ3v) is 6.00. The molecule has 1 saturated heterocycles. The molecule has 0 bridgehead atoms. The Morgan fingerprint density at radius 1 is 1.13 bits per heavy atom. The maximum absolute atomic E-state index is 13.2. The highest BCUT2D eigenvalue weighted by Crippen LogP contribution is 2.41. The van der Waals surface area contributed by atoms with Crippen molar-refractivity contribution in [3.63, 3.8) is 0 Å². The smallest absolute Gasteiger partial charge is 0.241 e. The summed E-state index contributed by atoms with van der Waals surface area (Å²) >= 11 is 0. The number of nitrogens with zero attached hydrogens (tertiary/aromatic N) is 2. The van der Waals surface area contributed by atoms with E-state index in [9.17, 15) is 4.79 Å². The maximum atomic E-state index is 13.2. The number of anilines is 1. The van der Waals surface area contributed by atoms with Gasteiger partial charge in [-0.25, -0.2) is 0 Å². The average molecular weight is 424 g/mol. The lowest BCUT2D eigenvalue weighted by molar-refractivity contribution is -0.120. The third-order valence-electron chi connectivity index (χ3n) is 6.00. The van der Waals surface area contributed by atoms with Crippen LogP contribution in [0.25, 0.3) is 0 Å². The zero-order valence-corrected chi connectivity index (χ0v) is 19.6. The molecule has 1 fully saturated rings. The minimum Gasteiger partial charge on any atom is -0.388 e. The number of amides is 1. The topological polar surface area (TPSA) is 44.8 Å². The molecule has 168 valence electrons. The van der Waals surface area contributed by atoms with Gasteiger partial charge in [-0.05, 0) is 36.1 Å². The molecule has 2 aromatic rings. The zero-order valence-electron chi connectivity index (χ0n) is 19.6. The van der Waals surface area contributed by atoms with Crippen molar-refractivity contribution in [1.82, 2.24) is 10.2 Å². The molecule has 0 spiro atoms. The van der Waals surface area contributed by atoms with E-state index >= 15 is 0 Å². The number of carbonyl (C=O) groups is 1. The Morgan fingerprint density at radius 2 is 1.84 bits per heavy atom. The van der Waals surface area contributed by atoms with Crippen LogP contribution in [0.4, 0.5) is 5.69 Å². The Bertz CT molecular complexity index is 866. The van der Waals surface area contributed by atoms with Crippen molar-refractivity contribution >= 4 is 11.6 Å². The summed E-state index contributed by atoms with van der Waals surface area (Å²) in [7, 11) is 3.25. The van der Waals surface area contributed by atoms with E-state index in [-0.39, 0.29) is 11.3 Å². The molecule has 0 unspecified atom stereocenters. The fourth-order valence-electron chi connectivity index (χ4n) is 4.53. The molecule has 0 aliphatic carbocycles. The second-order valence-electron chi connectivity index (χ2n) is 9.38. The van der Waals surface area contributed by atoms with Gasteiger partial charge >= 0.3 is 0 Å². The molecule has 5 heteroatoms. The van der Waals surface area contributed by atoms with Gasteiger partial charge < -0.3 is 15.0 Å². The Kier molecular flexibility index (Phi) is 7.87. The van der Waals surface area contributed by atoms with Crippen LogP contribution in [-0.4, -0.2) is 63.8 Å². The van der Waals surface area contributed by atoms with Crippen molar-refractivity contribution in [1.29, 1.82) is 0 Å². The number of benzene rings is 2. The monoisotopic (exact) mass is 423 g/mol. The standard InChI is InChI=1S/C24H31N3O.C2H6O/c1-18-15-26(12-11-25-18)16-23(28)27-17-24(2,3)21-10-9-20(14-22(21)27)13-19-7-5-4-6-8-19;1-3-2/h4-10,14,18,25H,11-13,15-17H2,1-3H3;1-2H3/t18-;/m1./s1. The number of hydrogen-bond acceptors (Lipinski definition) is 4. The number of ether oxygens (including phenoxy) is 1. The second-order valence-corrected chi connectivity index (χ2v) is 9.38. The van der Waals surface area contributed by atoms with E-state index in [1.54, 1.807) is 14.2 Å². The highest BCUT2D eigenvalue weighted by molar-refractivity contribution is 5.97. The molecule has 31 heavy (non-hydrogen) atoms. The van der Waals surface area contributed by atoms with Gasteiger partial charge in [0.25, 0.3) is 0 Å².